The second-order valence-electron chi connectivity index (χ2n) is 5.72. The largest absolute Gasteiger partial charge is 0.339 e. The van der Waals surface area contributed by atoms with Crippen molar-refractivity contribution in [2.24, 2.45) is 5.92 Å². The fraction of sp³-hybridized carbons (Fsp3) is 0.312. The van der Waals surface area contributed by atoms with Crippen LogP contribution in [0.5, 0.6) is 0 Å². The molecule has 3 rings (SSSR count). The fourth-order valence-corrected chi connectivity index (χ4v) is 2.98. The van der Waals surface area contributed by atoms with Crippen LogP contribution in [-0.2, 0) is 9.59 Å². The topological polar surface area (TPSA) is 104 Å². The van der Waals surface area contributed by atoms with Gasteiger partial charge in [0.2, 0.25) is 17.6 Å². The van der Waals surface area contributed by atoms with Gasteiger partial charge in [-0.05, 0) is 42.3 Å². The van der Waals surface area contributed by atoms with E-state index in [1.807, 2.05) is 0 Å². The predicted molar refractivity (Wildman–Crippen MR) is 92.8 cm³/mol. The van der Waals surface area contributed by atoms with Crippen LogP contribution in [0.3, 0.4) is 0 Å². The first-order valence-corrected chi connectivity index (χ1v) is 8.22. The number of hydrogen-bond donors (Lipinski definition) is 2. The van der Waals surface area contributed by atoms with Gasteiger partial charge in [0, 0.05) is 29.6 Å². The molecule has 1 aromatic carbocycles. The molecule has 0 bridgehead atoms. The zero-order chi connectivity index (χ0) is 17.8. The number of nitrogens with zero attached hydrogens (tertiary/aromatic N) is 4. The molecule has 8 nitrogen and oxygen atoms in total. The molecule has 1 aliphatic rings. The molecule has 2 heterocycles. The van der Waals surface area contributed by atoms with Crippen molar-refractivity contribution in [2.75, 3.05) is 18.4 Å². The van der Waals surface area contributed by atoms with E-state index in [2.05, 4.69) is 32.5 Å². The number of H-pyrrole nitrogens is 1. The Morgan fingerprint density at radius 1 is 1.36 bits per heavy atom. The van der Waals surface area contributed by atoms with Crippen LogP contribution >= 0.6 is 11.6 Å². The fourth-order valence-electron chi connectivity index (χ4n) is 2.81. The van der Waals surface area contributed by atoms with Gasteiger partial charge in [-0.2, -0.15) is 5.21 Å². The van der Waals surface area contributed by atoms with E-state index in [4.69, 9.17) is 11.6 Å². The molecular weight excluding hydrogens is 344 g/mol. The van der Waals surface area contributed by atoms with Gasteiger partial charge in [0.1, 0.15) is 0 Å². The van der Waals surface area contributed by atoms with E-state index >= 15 is 0 Å². The van der Waals surface area contributed by atoms with Gasteiger partial charge in [-0.15, -0.1) is 10.2 Å². The third kappa shape index (κ3) is 3.85. The number of halogens is 1. The summed E-state index contributed by atoms with van der Waals surface area (Å²) in [6.07, 6.45) is 2.51. The van der Waals surface area contributed by atoms with E-state index < -0.39 is 0 Å². The maximum atomic E-state index is 12.6. The summed E-state index contributed by atoms with van der Waals surface area (Å²) < 4.78 is 0. The number of benzene rings is 1. The average Bonchev–Trinajstić information content (AvgIpc) is 3.17. The predicted octanol–water partition coefficient (Wildman–Crippen LogP) is 1.88. The number of aromatic nitrogens is 4. The number of hydrogen-bond acceptors (Lipinski definition) is 5. The summed E-state index contributed by atoms with van der Waals surface area (Å²) in [5, 5.41) is 17.2. The smallest absolute Gasteiger partial charge is 0.245 e. The number of carbonyl (C=O) groups excluding carboxylic acids is 2. The van der Waals surface area contributed by atoms with Crippen LogP contribution in [0, 0.1) is 5.92 Å². The Balaban J connectivity index is 1.70. The molecule has 0 aliphatic carbocycles. The van der Waals surface area contributed by atoms with Gasteiger partial charge in [0.15, 0.2) is 0 Å². The van der Waals surface area contributed by atoms with Crippen molar-refractivity contribution in [3.05, 3.63) is 35.9 Å². The van der Waals surface area contributed by atoms with Gasteiger partial charge in [-0.3, -0.25) is 9.59 Å². The average molecular weight is 361 g/mol. The molecule has 1 saturated heterocycles. The summed E-state index contributed by atoms with van der Waals surface area (Å²) in [4.78, 5) is 25.9. The third-order valence-corrected chi connectivity index (χ3v) is 4.41. The van der Waals surface area contributed by atoms with E-state index in [0.29, 0.717) is 48.0 Å². The van der Waals surface area contributed by atoms with Gasteiger partial charge < -0.3 is 10.2 Å². The lowest BCUT2D eigenvalue weighted by atomic mass is 9.95. The monoisotopic (exact) mass is 360 g/mol. The lowest BCUT2D eigenvalue weighted by Gasteiger charge is -2.30. The standard InChI is InChI=1S/C16H17ClN6O2/c1-2-14(24)23-7-5-10(6-8-23)16(25)18-13-4-3-11(17)9-12(13)15-19-21-22-20-15/h2-4,9-10H,1,5-8H2,(H,18,25)(H,19,20,21,22). The number of piperidine rings is 1. The quantitative estimate of drug-likeness (QED) is 0.810. The maximum absolute atomic E-state index is 12.6. The zero-order valence-corrected chi connectivity index (χ0v) is 14.2. The Labute approximate surface area is 149 Å². The number of rotatable bonds is 4. The van der Waals surface area contributed by atoms with E-state index in [1.165, 1.54) is 6.08 Å². The van der Waals surface area contributed by atoms with E-state index in [0.717, 1.165) is 0 Å². The number of tetrazole rings is 1. The molecule has 0 unspecified atom stereocenters. The summed E-state index contributed by atoms with van der Waals surface area (Å²) >= 11 is 6.03. The minimum atomic E-state index is -0.164. The molecule has 1 aliphatic heterocycles. The number of nitrogens with one attached hydrogen (secondary N) is 2. The molecule has 0 saturated carbocycles. The van der Waals surface area contributed by atoms with Crippen molar-refractivity contribution in [2.45, 2.75) is 12.8 Å². The van der Waals surface area contributed by atoms with Gasteiger partial charge in [-0.25, -0.2) is 0 Å². The van der Waals surface area contributed by atoms with Crippen LogP contribution in [-0.4, -0.2) is 50.4 Å². The molecule has 9 heteroatoms. The van der Waals surface area contributed by atoms with E-state index in [1.54, 1.807) is 23.1 Å². The zero-order valence-electron chi connectivity index (χ0n) is 13.4. The summed E-state index contributed by atoms with van der Waals surface area (Å²) in [6, 6.07) is 5.07. The lowest BCUT2D eigenvalue weighted by molar-refractivity contribution is -0.130. The Hall–Kier alpha value is -2.74. The first-order valence-electron chi connectivity index (χ1n) is 7.84. The third-order valence-electron chi connectivity index (χ3n) is 4.18. The number of carbonyl (C=O) groups is 2. The molecule has 0 radical (unpaired) electrons. The van der Waals surface area contributed by atoms with Crippen molar-refractivity contribution in [3.8, 4) is 11.4 Å². The highest BCUT2D eigenvalue weighted by molar-refractivity contribution is 6.31. The number of likely N-dealkylation sites (tertiary alicyclic amines) is 1. The van der Waals surface area contributed by atoms with Crippen LogP contribution < -0.4 is 5.32 Å². The lowest BCUT2D eigenvalue weighted by Crippen LogP contribution is -2.40. The molecule has 0 spiro atoms. The molecule has 2 N–H and O–H groups in total. The summed E-state index contributed by atoms with van der Waals surface area (Å²) in [5.74, 6) is -0.0133. The summed E-state index contributed by atoms with van der Waals surface area (Å²) in [5.41, 5.74) is 1.16. The van der Waals surface area contributed by atoms with E-state index in [-0.39, 0.29) is 17.7 Å². The first kappa shape index (κ1) is 17.1. The van der Waals surface area contributed by atoms with E-state index in [9.17, 15) is 9.59 Å². The van der Waals surface area contributed by atoms with Crippen LogP contribution in [0.2, 0.25) is 5.02 Å². The SMILES string of the molecule is C=CC(=O)N1CCC(C(=O)Nc2ccc(Cl)cc2-c2nn[nH]n2)CC1. The van der Waals surface area contributed by atoms with Gasteiger partial charge in [0.05, 0.1) is 5.69 Å². The van der Waals surface area contributed by atoms with Crippen LogP contribution in [0.4, 0.5) is 5.69 Å². The number of aromatic amines is 1. The van der Waals surface area contributed by atoms with Gasteiger partial charge >= 0.3 is 0 Å². The molecule has 25 heavy (non-hydrogen) atoms. The highest BCUT2D eigenvalue weighted by atomic mass is 35.5. The minimum Gasteiger partial charge on any atom is -0.339 e. The summed E-state index contributed by atoms with van der Waals surface area (Å²) in [7, 11) is 0. The minimum absolute atomic E-state index is 0.0993. The highest BCUT2D eigenvalue weighted by Crippen LogP contribution is 2.29. The normalized spacial score (nSPS) is 15.0. The molecule has 2 amide bonds. The second kappa shape index (κ2) is 7.43. The Kier molecular flexibility index (Phi) is 5.08. The molecule has 130 valence electrons. The van der Waals surface area contributed by atoms with Gasteiger partial charge in [-0.1, -0.05) is 18.2 Å². The van der Waals surface area contributed by atoms with Crippen molar-refractivity contribution < 1.29 is 9.59 Å². The summed E-state index contributed by atoms with van der Waals surface area (Å²) in [6.45, 7) is 4.57. The Morgan fingerprint density at radius 3 is 2.76 bits per heavy atom. The van der Waals surface area contributed by atoms with Crippen molar-refractivity contribution >= 4 is 29.1 Å². The highest BCUT2D eigenvalue weighted by Gasteiger charge is 2.27. The van der Waals surface area contributed by atoms with Crippen molar-refractivity contribution in [1.29, 1.82) is 0 Å². The van der Waals surface area contributed by atoms with Crippen LogP contribution in [0.25, 0.3) is 11.4 Å². The van der Waals surface area contributed by atoms with Crippen molar-refractivity contribution in [3.63, 3.8) is 0 Å². The molecule has 1 aromatic heterocycles. The maximum Gasteiger partial charge on any atom is 0.245 e. The molecule has 1 fully saturated rings. The van der Waals surface area contributed by atoms with Crippen LogP contribution in [0.15, 0.2) is 30.9 Å². The number of anilines is 1. The first-order chi connectivity index (χ1) is 12.1. The molecule has 0 atom stereocenters. The Morgan fingerprint density at radius 2 is 2.12 bits per heavy atom. The second-order valence-corrected chi connectivity index (χ2v) is 6.15. The number of amides is 2. The van der Waals surface area contributed by atoms with Crippen LogP contribution in [0.1, 0.15) is 12.8 Å². The Bertz CT molecular complexity index is 784. The van der Waals surface area contributed by atoms with Crippen molar-refractivity contribution in [1.82, 2.24) is 25.5 Å². The molecular formula is C16H17ClN6O2. The van der Waals surface area contributed by atoms with Gasteiger partial charge in [0.25, 0.3) is 0 Å². The molecule has 2 aromatic rings.